The number of carbonyl (C=O) groups is 1. The first-order valence-electron chi connectivity index (χ1n) is 8.09. The normalized spacial score (nSPS) is 11.1. The average molecular weight is 428 g/mol. The molecule has 0 unspecified atom stereocenters. The maximum absolute atomic E-state index is 13.3. The number of halogens is 2. The Labute approximate surface area is 169 Å². The van der Waals surface area contributed by atoms with Gasteiger partial charge in [-0.1, -0.05) is 35.3 Å². The number of esters is 1. The fourth-order valence-corrected chi connectivity index (χ4v) is 4.79. The van der Waals surface area contributed by atoms with Crippen molar-refractivity contribution in [3.63, 3.8) is 0 Å². The van der Waals surface area contributed by atoms with Crippen molar-refractivity contribution in [2.75, 3.05) is 17.5 Å². The van der Waals surface area contributed by atoms with Crippen molar-refractivity contribution in [1.29, 1.82) is 0 Å². The monoisotopic (exact) mass is 427 g/mol. The number of hydrogen-bond donors (Lipinski definition) is 0. The molecule has 0 atom stereocenters. The van der Waals surface area contributed by atoms with Crippen LogP contribution in [0, 0.1) is 6.92 Å². The van der Waals surface area contributed by atoms with Crippen LogP contribution in [0.4, 0.5) is 5.69 Å². The van der Waals surface area contributed by atoms with Crippen LogP contribution < -0.4 is 4.31 Å². The zero-order valence-corrected chi connectivity index (χ0v) is 17.2. The lowest BCUT2D eigenvalue weighted by atomic mass is 10.1. The van der Waals surface area contributed by atoms with Crippen molar-refractivity contribution >= 4 is 44.9 Å². The van der Waals surface area contributed by atoms with E-state index < -0.39 is 16.0 Å². The van der Waals surface area contributed by atoms with Gasteiger partial charge in [0.1, 0.15) is 4.90 Å². The predicted molar refractivity (Wildman–Crippen MR) is 108 cm³/mol. The number of carbonyl (C=O) groups excluding carboxylic acids is 1. The zero-order chi connectivity index (χ0) is 20.2. The molecule has 0 aromatic heterocycles. The lowest BCUT2D eigenvalue weighted by molar-refractivity contribution is 0.0525. The van der Waals surface area contributed by atoms with Gasteiger partial charge in [-0.2, -0.15) is 0 Å². The summed E-state index contributed by atoms with van der Waals surface area (Å²) in [6, 6.07) is 9.01. The van der Waals surface area contributed by atoms with Crippen LogP contribution in [0.25, 0.3) is 0 Å². The summed E-state index contributed by atoms with van der Waals surface area (Å²) in [5, 5.41) is 0.293. The second kappa shape index (κ2) is 8.78. The van der Waals surface area contributed by atoms with Crippen LogP contribution in [0.2, 0.25) is 10.0 Å². The molecule has 8 heteroatoms. The minimum atomic E-state index is -4.05. The Bertz CT molecular complexity index is 974. The van der Waals surface area contributed by atoms with E-state index in [2.05, 4.69) is 6.58 Å². The van der Waals surface area contributed by atoms with Crippen molar-refractivity contribution in [3.8, 4) is 0 Å². The van der Waals surface area contributed by atoms with Gasteiger partial charge < -0.3 is 4.74 Å². The largest absolute Gasteiger partial charge is 0.462 e. The first-order chi connectivity index (χ1) is 12.7. The Morgan fingerprint density at radius 1 is 1.26 bits per heavy atom. The third-order valence-corrected chi connectivity index (χ3v) is 6.32. The van der Waals surface area contributed by atoms with E-state index in [1.165, 1.54) is 24.3 Å². The highest BCUT2D eigenvalue weighted by Crippen LogP contribution is 2.33. The maximum Gasteiger partial charge on any atom is 0.338 e. The Hall–Kier alpha value is -2.02. The van der Waals surface area contributed by atoms with Crippen LogP contribution in [0.1, 0.15) is 22.8 Å². The molecule has 0 saturated carbocycles. The standard InChI is InChI=1S/C19H19Cl2NO4S/c1-4-11-22(27(24,25)18-12-14(20)9-10-16(18)21)17-8-6-7-15(13(17)3)19(23)26-5-2/h4,6-10,12H,1,5,11H2,2-3H3. The number of benzene rings is 2. The summed E-state index contributed by atoms with van der Waals surface area (Å²) in [7, 11) is -4.05. The number of ether oxygens (including phenoxy) is 1. The molecule has 0 aliphatic carbocycles. The molecule has 144 valence electrons. The second-order valence-corrected chi connectivity index (χ2v) is 8.24. The summed E-state index contributed by atoms with van der Waals surface area (Å²) in [6.45, 7) is 7.20. The fourth-order valence-electron chi connectivity index (χ4n) is 2.56. The van der Waals surface area contributed by atoms with Crippen molar-refractivity contribution < 1.29 is 17.9 Å². The molecule has 2 rings (SSSR count). The van der Waals surface area contributed by atoms with E-state index in [0.29, 0.717) is 11.3 Å². The van der Waals surface area contributed by atoms with Crippen molar-refractivity contribution in [1.82, 2.24) is 0 Å². The second-order valence-electron chi connectivity index (χ2n) is 5.57. The van der Waals surface area contributed by atoms with E-state index in [4.69, 9.17) is 27.9 Å². The van der Waals surface area contributed by atoms with E-state index in [1.807, 2.05) is 0 Å². The number of hydrogen-bond acceptors (Lipinski definition) is 4. The lowest BCUT2D eigenvalue weighted by Gasteiger charge is -2.26. The minimum Gasteiger partial charge on any atom is -0.462 e. The van der Waals surface area contributed by atoms with Gasteiger partial charge in [0.25, 0.3) is 10.0 Å². The zero-order valence-electron chi connectivity index (χ0n) is 14.9. The van der Waals surface area contributed by atoms with E-state index in [1.54, 1.807) is 32.0 Å². The van der Waals surface area contributed by atoms with E-state index in [-0.39, 0.29) is 33.7 Å². The van der Waals surface area contributed by atoms with Gasteiger partial charge in [-0.05, 0) is 49.7 Å². The number of nitrogens with zero attached hydrogens (tertiary/aromatic N) is 1. The minimum absolute atomic E-state index is 0.0156. The summed E-state index contributed by atoms with van der Waals surface area (Å²) in [6.07, 6.45) is 1.45. The van der Waals surface area contributed by atoms with Crippen LogP contribution in [-0.4, -0.2) is 27.5 Å². The highest BCUT2D eigenvalue weighted by atomic mass is 35.5. The quantitative estimate of drug-likeness (QED) is 0.467. The molecule has 0 saturated heterocycles. The molecule has 2 aromatic carbocycles. The highest BCUT2D eigenvalue weighted by molar-refractivity contribution is 7.93. The summed E-state index contributed by atoms with van der Waals surface area (Å²) in [5.74, 6) is -0.520. The van der Waals surface area contributed by atoms with Gasteiger partial charge in [0.2, 0.25) is 0 Å². The van der Waals surface area contributed by atoms with Gasteiger partial charge in [0.05, 0.1) is 29.4 Å². The van der Waals surface area contributed by atoms with Crippen LogP contribution in [0.5, 0.6) is 0 Å². The Kier molecular flexibility index (Phi) is 6.92. The third-order valence-electron chi connectivity index (χ3n) is 3.83. The molecule has 0 spiro atoms. The smallest absolute Gasteiger partial charge is 0.338 e. The molecule has 0 heterocycles. The highest BCUT2D eigenvalue weighted by Gasteiger charge is 2.29. The Morgan fingerprint density at radius 3 is 2.59 bits per heavy atom. The van der Waals surface area contributed by atoms with Crippen molar-refractivity contribution in [2.45, 2.75) is 18.7 Å². The number of sulfonamides is 1. The Morgan fingerprint density at radius 2 is 1.96 bits per heavy atom. The third kappa shape index (κ3) is 4.46. The summed E-state index contributed by atoms with van der Waals surface area (Å²) in [4.78, 5) is 12.0. The van der Waals surface area contributed by atoms with Gasteiger partial charge in [0.15, 0.2) is 0 Å². The molecule has 0 bridgehead atoms. The molecule has 2 aromatic rings. The first kappa shape index (κ1) is 21.3. The summed E-state index contributed by atoms with van der Waals surface area (Å²) >= 11 is 12.1. The molecule has 5 nitrogen and oxygen atoms in total. The van der Waals surface area contributed by atoms with Gasteiger partial charge in [-0.25, -0.2) is 13.2 Å². The molecule has 0 aliphatic rings. The first-order valence-corrected chi connectivity index (χ1v) is 10.3. The molecule has 0 N–H and O–H groups in total. The van der Waals surface area contributed by atoms with Crippen LogP contribution >= 0.6 is 23.2 Å². The fraction of sp³-hybridized carbons (Fsp3) is 0.211. The maximum atomic E-state index is 13.3. The van der Waals surface area contributed by atoms with Gasteiger partial charge in [-0.3, -0.25) is 4.31 Å². The van der Waals surface area contributed by atoms with Gasteiger partial charge >= 0.3 is 5.97 Å². The molecule has 0 fully saturated rings. The molecule has 0 amide bonds. The predicted octanol–water partition coefficient (Wildman–Crippen LogP) is 4.86. The summed E-state index contributed by atoms with van der Waals surface area (Å²) < 4.78 is 32.7. The van der Waals surface area contributed by atoms with Gasteiger partial charge in [-0.15, -0.1) is 6.58 Å². The lowest BCUT2D eigenvalue weighted by Crippen LogP contribution is -2.32. The van der Waals surface area contributed by atoms with Crippen molar-refractivity contribution in [2.24, 2.45) is 0 Å². The Balaban J connectivity index is 2.65. The van der Waals surface area contributed by atoms with Crippen LogP contribution in [0.3, 0.4) is 0 Å². The average Bonchev–Trinajstić information content (AvgIpc) is 2.62. The van der Waals surface area contributed by atoms with Crippen LogP contribution in [0.15, 0.2) is 53.9 Å². The molecule has 0 aliphatic heterocycles. The molecular weight excluding hydrogens is 409 g/mol. The van der Waals surface area contributed by atoms with Gasteiger partial charge in [0, 0.05) is 5.02 Å². The molecule has 0 radical (unpaired) electrons. The van der Waals surface area contributed by atoms with E-state index >= 15 is 0 Å². The van der Waals surface area contributed by atoms with Crippen molar-refractivity contribution in [3.05, 3.63) is 70.2 Å². The van der Waals surface area contributed by atoms with E-state index in [0.717, 1.165) is 4.31 Å². The molecule has 27 heavy (non-hydrogen) atoms. The molecular formula is C19H19Cl2NO4S. The summed E-state index contributed by atoms with van der Waals surface area (Å²) in [5.41, 5.74) is 1.09. The number of anilines is 1. The number of rotatable bonds is 7. The van der Waals surface area contributed by atoms with E-state index in [9.17, 15) is 13.2 Å². The van der Waals surface area contributed by atoms with Crippen LogP contribution in [-0.2, 0) is 14.8 Å². The SMILES string of the molecule is C=CCN(c1cccc(C(=O)OCC)c1C)S(=O)(=O)c1cc(Cl)ccc1Cl. The topological polar surface area (TPSA) is 63.7 Å².